The Kier molecular flexibility index (Phi) is 3.78. The number of nitrogens with zero attached hydrogens (tertiary/aromatic N) is 3. The number of ether oxygens (including phenoxy) is 1. The predicted octanol–water partition coefficient (Wildman–Crippen LogP) is 3.33. The van der Waals surface area contributed by atoms with Crippen molar-refractivity contribution >= 4 is 11.8 Å². The van der Waals surface area contributed by atoms with Gasteiger partial charge in [-0.15, -0.1) is 0 Å². The van der Waals surface area contributed by atoms with E-state index in [1.165, 1.54) is 0 Å². The van der Waals surface area contributed by atoms with Crippen LogP contribution in [0.3, 0.4) is 0 Å². The van der Waals surface area contributed by atoms with Crippen LogP contribution in [0.5, 0.6) is 5.75 Å². The Balaban J connectivity index is 2.04. The highest BCUT2D eigenvalue weighted by Gasteiger charge is 2.05. The molecule has 0 saturated heterocycles. The summed E-state index contributed by atoms with van der Waals surface area (Å²) < 4.78 is 7.13. The van der Waals surface area contributed by atoms with Gasteiger partial charge in [0.1, 0.15) is 5.75 Å². The van der Waals surface area contributed by atoms with Crippen molar-refractivity contribution in [2.75, 3.05) is 7.11 Å². The van der Waals surface area contributed by atoms with Gasteiger partial charge in [0.2, 0.25) is 0 Å². The molecule has 2 aromatic heterocycles. The fraction of sp³-hybridized carbons (Fsp3) is 0.0588. The number of benzene rings is 1. The van der Waals surface area contributed by atoms with Crippen LogP contribution in [0.25, 0.3) is 11.8 Å². The van der Waals surface area contributed by atoms with E-state index in [1.807, 2.05) is 53.2 Å². The third-order valence-corrected chi connectivity index (χ3v) is 3.13. The van der Waals surface area contributed by atoms with E-state index in [4.69, 9.17) is 4.74 Å². The van der Waals surface area contributed by atoms with Gasteiger partial charge in [-0.3, -0.25) is 4.98 Å². The summed E-state index contributed by atoms with van der Waals surface area (Å²) in [4.78, 5) is 8.54. The van der Waals surface area contributed by atoms with Gasteiger partial charge in [-0.2, -0.15) is 0 Å². The molecule has 0 N–H and O–H groups in total. The number of hydrogen-bond donors (Lipinski definition) is 0. The lowest BCUT2D eigenvalue weighted by molar-refractivity contribution is 0.415. The fourth-order valence-electron chi connectivity index (χ4n) is 2.05. The van der Waals surface area contributed by atoms with Crippen LogP contribution in [-0.4, -0.2) is 21.6 Å². The Morgan fingerprint density at radius 1 is 1.10 bits per heavy atom. The van der Waals surface area contributed by atoms with Gasteiger partial charge in [0.15, 0.2) is 0 Å². The summed E-state index contributed by atoms with van der Waals surface area (Å²) in [6.07, 6.45) is 9.29. The van der Waals surface area contributed by atoms with Gasteiger partial charge in [0.05, 0.1) is 24.8 Å². The number of hydrogen-bond acceptors (Lipinski definition) is 3. The minimum Gasteiger partial charge on any atom is -0.497 e. The molecule has 3 aromatic rings. The quantitative estimate of drug-likeness (QED) is 0.734. The Morgan fingerprint density at radius 3 is 2.57 bits per heavy atom. The molecule has 21 heavy (non-hydrogen) atoms. The van der Waals surface area contributed by atoms with Gasteiger partial charge in [-0.05, 0) is 35.9 Å². The van der Waals surface area contributed by atoms with E-state index in [0.29, 0.717) is 0 Å². The highest BCUT2D eigenvalue weighted by atomic mass is 16.5. The van der Waals surface area contributed by atoms with Crippen molar-refractivity contribution in [2.24, 2.45) is 0 Å². The standard InChI is InChI=1S/C17H15N3O/c1-21-15-7-5-14(6-8-15)12-17(20-11-10-18-13-20)16-4-2-3-9-19-16/h2-13H,1H3/b17-12-. The molecule has 0 aliphatic heterocycles. The normalized spacial score (nSPS) is 11.4. The van der Waals surface area contributed by atoms with Crippen LogP contribution in [0.15, 0.2) is 67.4 Å². The predicted molar refractivity (Wildman–Crippen MR) is 82.7 cm³/mol. The summed E-state index contributed by atoms with van der Waals surface area (Å²) in [7, 11) is 1.66. The Labute approximate surface area is 123 Å². The summed E-state index contributed by atoms with van der Waals surface area (Å²) in [5, 5.41) is 0. The SMILES string of the molecule is COc1ccc(/C=C(/c2ccccn2)n2ccnc2)cc1. The molecule has 104 valence electrons. The minimum atomic E-state index is 0.842. The zero-order valence-corrected chi connectivity index (χ0v) is 11.7. The van der Waals surface area contributed by atoms with Crippen LogP contribution < -0.4 is 4.74 Å². The molecule has 0 amide bonds. The van der Waals surface area contributed by atoms with Gasteiger partial charge in [0, 0.05) is 18.6 Å². The average molecular weight is 277 g/mol. The Hall–Kier alpha value is -2.88. The first-order valence-electron chi connectivity index (χ1n) is 6.62. The lowest BCUT2D eigenvalue weighted by Crippen LogP contribution is -1.98. The van der Waals surface area contributed by atoms with Crippen LogP contribution in [0.4, 0.5) is 0 Å². The largest absolute Gasteiger partial charge is 0.497 e. The van der Waals surface area contributed by atoms with E-state index >= 15 is 0 Å². The van der Waals surface area contributed by atoms with Crippen molar-refractivity contribution in [3.8, 4) is 5.75 Å². The van der Waals surface area contributed by atoms with Crippen LogP contribution in [0.2, 0.25) is 0 Å². The van der Waals surface area contributed by atoms with Crippen molar-refractivity contribution < 1.29 is 4.74 Å². The summed E-state index contributed by atoms with van der Waals surface area (Å²) >= 11 is 0. The maximum Gasteiger partial charge on any atom is 0.118 e. The van der Waals surface area contributed by atoms with E-state index in [-0.39, 0.29) is 0 Å². The average Bonchev–Trinajstić information content (AvgIpc) is 3.08. The number of methoxy groups -OCH3 is 1. The zero-order valence-electron chi connectivity index (χ0n) is 11.7. The maximum atomic E-state index is 5.18. The highest BCUT2D eigenvalue weighted by Crippen LogP contribution is 2.20. The third-order valence-electron chi connectivity index (χ3n) is 3.13. The zero-order chi connectivity index (χ0) is 14.5. The fourth-order valence-corrected chi connectivity index (χ4v) is 2.05. The number of imidazole rings is 1. The lowest BCUT2D eigenvalue weighted by Gasteiger charge is -2.08. The molecule has 1 aromatic carbocycles. The highest BCUT2D eigenvalue weighted by molar-refractivity contribution is 5.79. The number of pyridine rings is 1. The molecule has 4 heteroatoms. The van der Waals surface area contributed by atoms with E-state index in [0.717, 1.165) is 22.7 Å². The summed E-state index contributed by atoms with van der Waals surface area (Å²) in [5.74, 6) is 0.842. The molecule has 4 nitrogen and oxygen atoms in total. The smallest absolute Gasteiger partial charge is 0.118 e. The summed E-state index contributed by atoms with van der Waals surface area (Å²) in [6.45, 7) is 0. The lowest BCUT2D eigenvalue weighted by atomic mass is 10.1. The van der Waals surface area contributed by atoms with Crippen molar-refractivity contribution in [2.45, 2.75) is 0 Å². The molecule has 0 saturated carbocycles. The Morgan fingerprint density at radius 2 is 1.95 bits per heavy atom. The molecule has 2 heterocycles. The molecule has 0 bridgehead atoms. The second kappa shape index (κ2) is 6.05. The first kappa shape index (κ1) is 13.1. The maximum absolute atomic E-state index is 5.18. The van der Waals surface area contributed by atoms with Gasteiger partial charge in [-0.25, -0.2) is 4.98 Å². The third kappa shape index (κ3) is 3.00. The molecule has 0 atom stereocenters. The Bertz CT molecular complexity index is 716. The number of aromatic nitrogens is 3. The molecule has 0 spiro atoms. The summed E-state index contributed by atoms with van der Waals surface area (Å²) in [6, 6.07) is 13.8. The van der Waals surface area contributed by atoms with Crippen LogP contribution >= 0.6 is 0 Å². The first-order valence-corrected chi connectivity index (χ1v) is 6.62. The molecule has 0 radical (unpaired) electrons. The van der Waals surface area contributed by atoms with Gasteiger partial charge in [0.25, 0.3) is 0 Å². The van der Waals surface area contributed by atoms with E-state index in [2.05, 4.69) is 16.0 Å². The van der Waals surface area contributed by atoms with E-state index in [9.17, 15) is 0 Å². The van der Waals surface area contributed by atoms with E-state index in [1.54, 1.807) is 25.8 Å². The molecule has 0 unspecified atom stereocenters. The van der Waals surface area contributed by atoms with Crippen LogP contribution in [-0.2, 0) is 0 Å². The van der Waals surface area contributed by atoms with Crippen molar-refractivity contribution in [3.05, 3.63) is 78.6 Å². The monoisotopic (exact) mass is 277 g/mol. The molecular weight excluding hydrogens is 262 g/mol. The second-order valence-electron chi connectivity index (χ2n) is 4.49. The van der Waals surface area contributed by atoms with E-state index < -0.39 is 0 Å². The summed E-state index contributed by atoms with van der Waals surface area (Å²) in [5.41, 5.74) is 2.94. The van der Waals surface area contributed by atoms with Crippen molar-refractivity contribution in [1.29, 1.82) is 0 Å². The van der Waals surface area contributed by atoms with Crippen molar-refractivity contribution in [1.82, 2.24) is 14.5 Å². The molecule has 0 aliphatic carbocycles. The minimum absolute atomic E-state index is 0.842. The topological polar surface area (TPSA) is 39.9 Å². The first-order chi connectivity index (χ1) is 10.4. The molecule has 0 aliphatic rings. The molecular formula is C17H15N3O. The van der Waals surface area contributed by atoms with Crippen LogP contribution in [0.1, 0.15) is 11.3 Å². The van der Waals surface area contributed by atoms with Gasteiger partial charge >= 0.3 is 0 Å². The second-order valence-corrected chi connectivity index (χ2v) is 4.49. The molecule has 0 fully saturated rings. The number of rotatable bonds is 4. The van der Waals surface area contributed by atoms with Gasteiger partial charge < -0.3 is 9.30 Å². The van der Waals surface area contributed by atoms with Crippen molar-refractivity contribution in [3.63, 3.8) is 0 Å². The molecule has 3 rings (SSSR count). The van der Waals surface area contributed by atoms with Gasteiger partial charge in [-0.1, -0.05) is 18.2 Å². The van der Waals surface area contributed by atoms with Crippen LogP contribution in [0, 0.1) is 0 Å².